The number of anilines is 1. The molecule has 0 unspecified atom stereocenters. The zero-order chi connectivity index (χ0) is 12.3. The molecule has 0 bridgehead atoms. The minimum absolute atomic E-state index is 0.737. The molecular formula is C12H14ClN3S. The number of hydrogen-bond donors (Lipinski definition) is 1. The predicted octanol–water partition coefficient (Wildman–Crippen LogP) is 3.43. The van der Waals surface area contributed by atoms with Crippen LogP contribution in [0.15, 0.2) is 35.6 Å². The Morgan fingerprint density at radius 2 is 2.29 bits per heavy atom. The molecule has 0 saturated heterocycles. The molecule has 0 aliphatic heterocycles. The van der Waals surface area contributed by atoms with Crippen molar-refractivity contribution in [2.75, 3.05) is 5.73 Å². The molecule has 0 aliphatic rings. The van der Waals surface area contributed by atoms with Crippen LogP contribution in [0.2, 0.25) is 5.02 Å². The fourth-order valence-electron chi connectivity index (χ4n) is 1.54. The maximum Gasteiger partial charge on any atom is 0.0948 e. The Hall–Kier alpha value is -1.13. The first-order valence-electron chi connectivity index (χ1n) is 5.37. The Morgan fingerprint density at radius 3 is 3.06 bits per heavy atom. The Kier molecular flexibility index (Phi) is 3.97. The van der Waals surface area contributed by atoms with Gasteiger partial charge in [0.1, 0.15) is 0 Å². The van der Waals surface area contributed by atoms with Crippen molar-refractivity contribution < 1.29 is 0 Å². The maximum atomic E-state index is 6.11. The van der Waals surface area contributed by atoms with Crippen LogP contribution in [-0.2, 0) is 12.3 Å². The van der Waals surface area contributed by atoms with Gasteiger partial charge in [-0.3, -0.25) is 0 Å². The van der Waals surface area contributed by atoms with Crippen LogP contribution in [-0.4, -0.2) is 9.55 Å². The first kappa shape index (κ1) is 12.3. The molecule has 0 atom stereocenters. The van der Waals surface area contributed by atoms with Gasteiger partial charge in [-0.2, -0.15) is 0 Å². The normalized spacial score (nSPS) is 10.7. The maximum absolute atomic E-state index is 6.11. The van der Waals surface area contributed by atoms with Gasteiger partial charge in [-0.15, -0.1) is 11.8 Å². The van der Waals surface area contributed by atoms with Gasteiger partial charge in [0.05, 0.1) is 11.3 Å². The summed E-state index contributed by atoms with van der Waals surface area (Å²) in [5.41, 5.74) is 7.67. The molecule has 0 aliphatic carbocycles. The summed E-state index contributed by atoms with van der Waals surface area (Å²) in [5, 5.41) is 0.742. The third-order valence-corrected chi connectivity index (χ3v) is 4.00. The monoisotopic (exact) mass is 267 g/mol. The first-order valence-corrected chi connectivity index (χ1v) is 6.74. The molecule has 0 saturated carbocycles. The van der Waals surface area contributed by atoms with Gasteiger partial charge in [-0.25, -0.2) is 4.98 Å². The van der Waals surface area contributed by atoms with Crippen molar-refractivity contribution in [1.29, 1.82) is 0 Å². The molecule has 0 radical (unpaired) electrons. The molecule has 3 nitrogen and oxygen atoms in total. The summed E-state index contributed by atoms with van der Waals surface area (Å²) >= 11 is 7.79. The average Bonchev–Trinajstić information content (AvgIpc) is 2.77. The third-order valence-electron chi connectivity index (χ3n) is 2.47. The Bertz CT molecular complexity index is 510. The van der Waals surface area contributed by atoms with Crippen LogP contribution in [0.1, 0.15) is 12.6 Å². The molecule has 0 spiro atoms. The summed E-state index contributed by atoms with van der Waals surface area (Å²) in [6.07, 6.45) is 3.73. The number of nitrogens with zero attached hydrogens (tertiary/aromatic N) is 2. The number of rotatable bonds is 4. The number of nitrogens with two attached hydrogens (primary N) is 1. The van der Waals surface area contributed by atoms with Crippen LogP contribution < -0.4 is 5.73 Å². The van der Waals surface area contributed by atoms with Crippen LogP contribution in [0.5, 0.6) is 0 Å². The zero-order valence-electron chi connectivity index (χ0n) is 9.56. The van der Waals surface area contributed by atoms with E-state index in [1.807, 2.05) is 30.7 Å². The number of aryl methyl sites for hydroxylation is 1. The quantitative estimate of drug-likeness (QED) is 0.682. The number of benzene rings is 1. The van der Waals surface area contributed by atoms with Crippen molar-refractivity contribution in [2.45, 2.75) is 24.1 Å². The molecule has 1 aromatic carbocycles. The highest BCUT2D eigenvalue weighted by molar-refractivity contribution is 7.98. The van der Waals surface area contributed by atoms with E-state index in [1.54, 1.807) is 11.8 Å². The van der Waals surface area contributed by atoms with Crippen molar-refractivity contribution in [1.82, 2.24) is 9.55 Å². The molecule has 0 amide bonds. The van der Waals surface area contributed by atoms with Gasteiger partial charge < -0.3 is 10.3 Å². The summed E-state index contributed by atoms with van der Waals surface area (Å²) < 4.78 is 2.12. The molecule has 5 heteroatoms. The lowest BCUT2D eigenvalue weighted by Gasteiger charge is -2.07. The van der Waals surface area contributed by atoms with Crippen LogP contribution >= 0.6 is 23.4 Å². The second-order valence-corrected chi connectivity index (χ2v) is 5.07. The van der Waals surface area contributed by atoms with Gasteiger partial charge in [-0.05, 0) is 25.1 Å². The van der Waals surface area contributed by atoms with Crippen LogP contribution in [0.25, 0.3) is 0 Å². The SMILES string of the molecule is CCn1cncc1CSc1cc(N)ccc1Cl. The molecule has 2 N–H and O–H groups in total. The number of nitrogen functional groups attached to an aromatic ring is 1. The van der Waals surface area contributed by atoms with Crippen LogP contribution in [0.3, 0.4) is 0 Å². The van der Waals surface area contributed by atoms with E-state index in [-0.39, 0.29) is 0 Å². The Balaban J connectivity index is 2.09. The number of thioether (sulfide) groups is 1. The summed E-state index contributed by atoms with van der Waals surface area (Å²) in [5.74, 6) is 0.844. The number of halogens is 1. The van der Waals surface area contributed by atoms with E-state index >= 15 is 0 Å². The van der Waals surface area contributed by atoms with E-state index in [0.717, 1.165) is 27.9 Å². The van der Waals surface area contributed by atoms with E-state index in [9.17, 15) is 0 Å². The molecule has 90 valence electrons. The van der Waals surface area contributed by atoms with Crippen molar-refractivity contribution in [3.05, 3.63) is 41.4 Å². The molecular weight excluding hydrogens is 254 g/mol. The lowest BCUT2D eigenvalue weighted by molar-refractivity contribution is 0.734. The van der Waals surface area contributed by atoms with Gasteiger partial charge in [0.2, 0.25) is 0 Å². The zero-order valence-corrected chi connectivity index (χ0v) is 11.1. The van der Waals surface area contributed by atoms with Crippen molar-refractivity contribution >= 4 is 29.1 Å². The molecule has 1 heterocycles. The minimum atomic E-state index is 0.737. The van der Waals surface area contributed by atoms with E-state index < -0.39 is 0 Å². The smallest absolute Gasteiger partial charge is 0.0948 e. The summed E-state index contributed by atoms with van der Waals surface area (Å²) in [7, 11) is 0. The second kappa shape index (κ2) is 5.47. The van der Waals surface area contributed by atoms with E-state index in [1.165, 1.54) is 5.69 Å². The summed E-state index contributed by atoms with van der Waals surface area (Å²) in [6.45, 7) is 3.03. The topological polar surface area (TPSA) is 43.8 Å². The van der Waals surface area contributed by atoms with Crippen LogP contribution in [0.4, 0.5) is 5.69 Å². The Morgan fingerprint density at radius 1 is 1.47 bits per heavy atom. The Labute approximate surface area is 110 Å². The van der Waals surface area contributed by atoms with Gasteiger partial charge in [0.25, 0.3) is 0 Å². The molecule has 17 heavy (non-hydrogen) atoms. The van der Waals surface area contributed by atoms with Gasteiger partial charge >= 0.3 is 0 Å². The second-order valence-electron chi connectivity index (χ2n) is 3.65. The highest BCUT2D eigenvalue weighted by Crippen LogP contribution is 2.31. The van der Waals surface area contributed by atoms with E-state index in [0.29, 0.717) is 0 Å². The fraction of sp³-hybridized carbons (Fsp3) is 0.250. The fourth-order valence-corrected chi connectivity index (χ4v) is 2.79. The summed E-state index contributed by atoms with van der Waals surface area (Å²) in [4.78, 5) is 5.15. The summed E-state index contributed by atoms with van der Waals surface area (Å²) in [6, 6.07) is 5.54. The molecule has 1 aromatic heterocycles. The number of hydrogen-bond acceptors (Lipinski definition) is 3. The molecule has 0 fully saturated rings. The van der Waals surface area contributed by atoms with Crippen molar-refractivity contribution in [3.8, 4) is 0 Å². The lowest BCUT2D eigenvalue weighted by Crippen LogP contribution is -1.97. The van der Waals surface area contributed by atoms with Crippen molar-refractivity contribution in [3.63, 3.8) is 0 Å². The highest BCUT2D eigenvalue weighted by atomic mass is 35.5. The third kappa shape index (κ3) is 2.96. The minimum Gasteiger partial charge on any atom is -0.399 e. The standard InChI is InChI=1S/C12H14ClN3S/c1-2-16-8-15-6-10(16)7-17-12-5-9(14)3-4-11(12)13/h3-6,8H,2,7,14H2,1H3. The molecule has 2 rings (SSSR count). The van der Waals surface area contributed by atoms with Gasteiger partial charge in [0.15, 0.2) is 0 Å². The molecule has 2 aromatic rings. The average molecular weight is 268 g/mol. The van der Waals surface area contributed by atoms with E-state index in [2.05, 4.69) is 16.5 Å². The lowest BCUT2D eigenvalue weighted by atomic mass is 10.3. The van der Waals surface area contributed by atoms with Gasteiger partial charge in [-0.1, -0.05) is 11.6 Å². The van der Waals surface area contributed by atoms with E-state index in [4.69, 9.17) is 17.3 Å². The number of aromatic nitrogens is 2. The van der Waals surface area contributed by atoms with Crippen molar-refractivity contribution in [2.24, 2.45) is 0 Å². The predicted molar refractivity (Wildman–Crippen MR) is 73.3 cm³/mol. The highest BCUT2D eigenvalue weighted by Gasteiger charge is 2.05. The number of imidazole rings is 1. The first-order chi connectivity index (χ1) is 8.20. The van der Waals surface area contributed by atoms with Gasteiger partial charge in [0, 0.05) is 34.8 Å². The van der Waals surface area contributed by atoms with Crippen LogP contribution in [0, 0.1) is 0 Å². The largest absolute Gasteiger partial charge is 0.399 e.